The fraction of sp³-hybridized carbons (Fsp3) is 0.286. The molecule has 1 saturated heterocycles. The number of rotatable bonds is 7. The zero-order valence-electron chi connectivity index (χ0n) is 22.0. The SMILES string of the molecule is COc1ccc(Cl)c(OC[C@H]2CC(C)(C)CN2c2cc3c(cc2Cl)c(=O)c(C(=O)O)cn3-c2ccc(N)nc2)n1. The number of benzene rings is 1. The smallest absolute Gasteiger partial charge is 0.341 e. The lowest BCUT2D eigenvalue weighted by atomic mass is 9.91. The highest BCUT2D eigenvalue weighted by molar-refractivity contribution is 6.34. The topological polar surface area (TPSA) is 133 Å². The molecule has 0 saturated carbocycles. The Labute approximate surface area is 239 Å². The molecule has 3 aromatic heterocycles. The minimum atomic E-state index is -1.34. The number of aromatic nitrogens is 3. The number of carbonyl (C=O) groups is 1. The van der Waals surface area contributed by atoms with E-state index in [9.17, 15) is 14.7 Å². The molecule has 4 aromatic rings. The van der Waals surface area contributed by atoms with Crippen molar-refractivity contribution < 1.29 is 19.4 Å². The standard InChI is InChI=1S/C28H27Cl2N5O5/c1-28(2)10-16(13-40-26-19(29)5-7-24(33-26)39-3)35(14-28)22-9-21-17(8-20(22)30)25(36)18(27(37)38)12-34(21)15-4-6-23(31)32-11-15/h4-9,11-12,16H,10,13-14H2,1-3H3,(H2,31,32)(H,37,38)/t16-/m1/s1. The van der Waals surface area contributed by atoms with Crippen LogP contribution >= 0.6 is 23.2 Å². The molecular weight excluding hydrogens is 557 g/mol. The fourth-order valence-electron chi connectivity index (χ4n) is 5.09. The van der Waals surface area contributed by atoms with E-state index in [4.69, 9.17) is 38.4 Å². The summed E-state index contributed by atoms with van der Waals surface area (Å²) in [7, 11) is 1.52. The summed E-state index contributed by atoms with van der Waals surface area (Å²) in [6, 6.07) is 9.83. The molecule has 0 bridgehead atoms. The summed E-state index contributed by atoms with van der Waals surface area (Å²) in [6.07, 6.45) is 3.60. The van der Waals surface area contributed by atoms with E-state index in [1.165, 1.54) is 25.6 Å². The van der Waals surface area contributed by atoms with E-state index in [0.717, 1.165) is 6.42 Å². The summed E-state index contributed by atoms with van der Waals surface area (Å²) in [6.45, 7) is 5.23. The number of halogens is 2. The van der Waals surface area contributed by atoms with Gasteiger partial charge in [-0.15, -0.1) is 0 Å². The number of nitrogen functional groups attached to an aromatic ring is 1. The van der Waals surface area contributed by atoms with Crippen LogP contribution < -0.4 is 25.5 Å². The van der Waals surface area contributed by atoms with E-state index in [1.807, 2.05) is 0 Å². The highest BCUT2D eigenvalue weighted by atomic mass is 35.5. The van der Waals surface area contributed by atoms with Gasteiger partial charge in [0.05, 0.1) is 41.3 Å². The second-order valence-electron chi connectivity index (χ2n) is 10.4. The molecule has 1 atom stereocenters. The maximum Gasteiger partial charge on any atom is 0.341 e. The monoisotopic (exact) mass is 583 g/mol. The molecule has 3 N–H and O–H groups in total. The first kappa shape index (κ1) is 27.5. The number of methoxy groups -OCH3 is 1. The molecule has 0 radical (unpaired) electrons. The quantitative estimate of drug-likeness (QED) is 0.306. The van der Waals surface area contributed by atoms with Crippen LogP contribution in [0.3, 0.4) is 0 Å². The molecule has 208 valence electrons. The Hall–Kier alpha value is -4.02. The Bertz CT molecular complexity index is 1670. The van der Waals surface area contributed by atoms with Crippen LogP contribution in [0.25, 0.3) is 16.6 Å². The first-order valence-electron chi connectivity index (χ1n) is 12.4. The lowest BCUT2D eigenvalue weighted by Crippen LogP contribution is -2.35. The van der Waals surface area contributed by atoms with Crippen molar-refractivity contribution in [2.75, 3.05) is 30.9 Å². The average molecular weight is 584 g/mol. The van der Waals surface area contributed by atoms with Crippen molar-refractivity contribution in [3.05, 3.63) is 74.6 Å². The lowest BCUT2D eigenvalue weighted by Gasteiger charge is -2.28. The molecule has 0 unspecified atom stereocenters. The number of anilines is 2. The zero-order valence-corrected chi connectivity index (χ0v) is 23.5. The van der Waals surface area contributed by atoms with Gasteiger partial charge in [-0.25, -0.2) is 9.78 Å². The van der Waals surface area contributed by atoms with Gasteiger partial charge in [-0.2, -0.15) is 4.98 Å². The van der Waals surface area contributed by atoms with Crippen molar-refractivity contribution in [2.45, 2.75) is 26.3 Å². The van der Waals surface area contributed by atoms with Crippen LogP contribution in [0, 0.1) is 5.41 Å². The summed E-state index contributed by atoms with van der Waals surface area (Å²) >= 11 is 13.1. The molecule has 12 heteroatoms. The van der Waals surface area contributed by atoms with Crippen LogP contribution in [-0.2, 0) is 0 Å². The van der Waals surface area contributed by atoms with Gasteiger partial charge in [0.25, 0.3) is 0 Å². The van der Waals surface area contributed by atoms with Gasteiger partial charge < -0.3 is 29.8 Å². The van der Waals surface area contributed by atoms with E-state index < -0.39 is 11.4 Å². The third kappa shape index (κ3) is 5.24. The summed E-state index contributed by atoms with van der Waals surface area (Å²) in [5.74, 6) is -0.380. The lowest BCUT2D eigenvalue weighted by molar-refractivity contribution is 0.0695. The predicted octanol–water partition coefficient (Wildman–Crippen LogP) is 5.06. The molecule has 1 aliphatic heterocycles. The van der Waals surface area contributed by atoms with Gasteiger partial charge in [-0.3, -0.25) is 4.79 Å². The van der Waals surface area contributed by atoms with Gasteiger partial charge >= 0.3 is 5.97 Å². The number of ether oxygens (including phenoxy) is 2. The number of hydrogen-bond acceptors (Lipinski definition) is 8. The van der Waals surface area contributed by atoms with Crippen molar-refractivity contribution in [2.24, 2.45) is 5.41 Å². The maximum absolute atomic E-state index is 13.2. The summed E-state index contributed by atoms with van der Waals surface area (Å²) in [5.41, 5.74) is 6.36. The second-order valence-corrected chi connectivity index (χ2v) is 11.2. The van der Waals surface area contributed by atoms with E-state index in [1.54, 1.807) is 34.9 Å². The van der Waals surface area contributed by atoms with Crippen molar-refractivity contribution in [1.29, 1.82) is 0 Å². The Balaban J connectivity index is 1.60. The number of pyridine rings is 3. The molecule has 1 aromatic carbocycles. The highest BCUT2D eigenvalue weighted by Gasteiger charge is 2.39. The number of fused-ring (bicyclic) bond motifs is 1. The molecule has 10 nitrogen and oxygen atoms in total. The molecule has 1 fully saturated rings. The molecule has 1 aliphatic rings. The summed E-state index contributed by atoms with van der Waals surface area (Å²) in [4.78, 5) is 35.6. The van der Waals surface area contributed by atoms with Gasteiger partial charge in [0.1, 0.15) is 23.0 Å². The maximum atomic E-state index is 13.2. The van der Waals surface area contributed by atoms with Crippen LogP contribution in [0.15, 0.2) is 53.6 Å². The zero-order chi connectivity index (χ0) is 28.8. The van der Waals surface area contributed by atoms with Gasteiger partial charge in [0.15, 0.2) is 0 Å². The number of nitrogens with zero attached hydrogens (tertiary/aromatic N) is 4. The van der Waals surface area contributed by atoms with Gasteiger partial charge in [0, 0.05) is 24.2 Å². The summed E-state index contributed by atoms with van der Waals surface area (Å²) in [5, 5.41) is 10.6. The minimum Gasteiger partial charge on any atom is -0.481 e. The fourth-order valence-corrected chi connectivity index (χ4v) is 5.52. The van der Waals surface area contributed by atoms with Crippen molar-refractivity contribution in [3.8, 4) is 17.4 Å². The van der Waals surface area contributed by atoms with Crippen LogP contribution in [-0.4, -0.2) is 51.9 Å². The van der Waals surface area contributed by atoms with E-state index in [0.29, 0.717) is 45.2 Å². The second kappa shape index (κ2) is 10.5. The number of hydrogen-bond donors (Lipinski definition) is 2. The van der Waals surface area contributed by atoms with Gasteiger partial charge in [0.2, 0.25) is 17.2 Å². The predicted molar refractivity (Wildman–Crippen MR) is 155 cm³/mol. The van der Waals surface area contributed by atoms with E-state index in [-0.39, 0.29) is 34.9 Å². The van der Waals surface area contributed by atoms with Crippen molar-refractivity contribution >= 4 is 51.6 Å². The first-order chi connectivity index (χ1) is 19.0. The molecular formula is C28H27Cl2N5O5. The van der Waals surface area contributed by atoms with Gasteiger partial charge in [-0.05, 0) is 42.2 Å². The van der Waals surface area contributed by atoms with Crippen LogP contribution in [0.4, 0.5) is 11.5 Å². The number of carboxylic acids is 1. The van der Waals surface area contributed by atoms with Gasteiger partial charge in [-0.1, -0.05) is 37.0 Å². The third-order valence-electron chi connectivity index (χ3n) is 6.90. The minimum absolute atomic E-state index is 0.0778. The Kier molecular flexibility index (Phi) is 7.24. The number of nitrogens with two attached hydrogens (primary N) is 1. The summed E-state index contributed by atoms with van der Waals surface area (Å²) < 4.78 is 12.9. The van der Waals surface area contributed by atoms with E-state index in [2.05, 4.69) is 28.7 Å². The average Bonchev–Trinajstić information content (AvgIpc) is 3.22. The van der Waals surface area contributed by atoms with Crippen molar-refractivity contribution in [1.82, 2.24) is 14.5 Å². The first-order valence-corrected chi connectivity index (χ1v) is 13.2. The Morgan fingerprint density at radius 1 is 1.20 bits per heavy atom. The molecule has 5 rings (SSSR count). The Morgan fingerprint density at radius 3 is 2.65 bits per heavy atom. The normalized spacial score (nSPS) is 16.3. The van der Waals surface area contributed by atoms with Crippen molar-refractivity contribution in [3.63, 3.8) is 0 Å². The van der Waals surface area contributed by atoms with Crippen LogP contribution in [0.5, 0.6) is 11.8 Å². The molecule has 0 amide bonds. The molecule has 0 spiro atoms. The Morgan fingerprint density at radius 2 is 1.98 bits per heavy atom. The van der Waals surface area contributed by atoms with Crippen LogP contribution in [0.2, 0.25) is 10.0 Å². The molecule has 4 heterocycles. The molecule has 40 heavy (non-hydrogen) atoms. The highest BCUT2D eigenvalue weighted by Crippen LogP contribution is 2.41. The van der Waals surface area contributed by atoms with E-state index >= 15 is 0 Å². The molecule has 0 aliphatic carbocycles. The largest absolute Gasteiger partial charge is 0.481 e. The number of aromatic carboxylic acids is 1. The van der Waals surface area contributed by atoms with Crippen LogP contribution in [0.1, 0.15) is 30.6 Å². The third-order valence-corrected chi connectivity index (χ3v) is 7.49. The number of carboxylic acid groups (broad SMARTS) is 1.